The second-order valence-corrected chi connectivity index (χ2v) is 6.66. The minimum Gasteiger partial charge on any atom is -0.481 e. The molecular formula is C19H26N2O5. The summed E-state index contributed by atoms with van der Waals surface area (Å²) in [5, 5.41) is 2.95. The van der Waals surface area contributed by atoms with Gasteiger partial charge in [-0.2, -0.15) is 0 Å². The average Bonchev–Trinajstić information content (AvgIpc) is 2.62. The average molecular weight is 362 g/mol. The van der Waals surface area contributed by atoms with Gasteiger partial charge in [0.15, 0.2) is 12.7 Å². The molecule has 26 heavy (non-hydrogen) atoms. The highest BCUT2D eigenvalue weighted by molar-refractivity contribution is 5.95. The van der Waals surface area contributed by atoms with Crippen LogP contribution in [0.5, 0.6) is 5.75 Å². The Morgan fingerprint density at radius 2 is 1.92 bits per heavy atom. The van der Waals surface area contributed by atoms with Gasteiger partial charge in [0.05, 0.1) is 5.56 Å². The first kappa shape index (κ1) is 19.8. The molecule has 1 aliphatic carbocycles. The number of benzene rings is 1. The molecule has 1 saturated carbocycles. The number of primary amides is 1. The molecule has 1 fully saturated rings. The van der Waals surface area contributed by atoms with E-state index in [1.54, 1.807) is 12.1 Å². The molecule has 2 rings (SSSR count). The monoisotopic (exact) mass is 362 g/mol. The van der Waals surface area contributed by atoms with E-state index in [0.717, 1.165) is 19.3 Å². The van der Waals surface area contributed by atoms with Crippen molar-refractivity contribution >= 4 is 17.8 Å². The van der Waals surface area contributed by atoms with Gasteiger partial charge in [0.25, 0.3) is 11.8 Å². The third-order valence-electron chi connectivity index (χ3n) is 4.61. The topological polar surface area (TPSA) is 108 Å². The lowest BCUT2D eigenvalue weighted by Gasteiger charge is -2.30. The van der Waals surface area contributed by atoms with Crippen molar-refractivity contribution in [3.63, 3.8) is 0 Å². The number of hydrogen-bond acceptors (Lipinski definition) is 5. The van der Waals surface area contributed by atoms with Crippen LogP contribution in [0.3, 0.4) is 0 Å². The molecule has 0 bridgehead atoms. The number of hydrogen-bond donors (Lipinski definition) is 2. The smallest absolute Gasteiger partial charge is 0.344 e. The molecule has 7 heteroatoms. The molecule has 0 unspecified atom stereocenters. The van der Waals surface area contributed by atoms with Gasteiger partial charge in [-0.3, -0.25) is 9.59 Å². The van der Waals surface area contributed by atoms with Crippen molar-refractivity contribution in [2.24, 2.45) is 11.7 Å². The lowest BCUT2D eigenvalue weighted by Crippen LogP contribution is -2.46. The molecule has 1 aromatic rings. The van der Waals surface area contributed by atoms with E-state index in [-0.39, 0.29) is 23.3 Å². The van der Waals surface area contributed by atoms with Gasteiger partial charge in [-0.1, -0.05) is 31.9 Å². The maximum atomic E-state index is 12.2. The van der Waals surface area contributed by atoms with Crippen LogP contribution in [0.4, 0.5) is 0 Å². The Bertz CT molecular complexity index is 661. The maximum Gasteiger partial charge on any atom is 0.344 e. The first-order valence-corrected chi connectivity index (χ1v) is 8.90. The van der Waals surface area contributed by atoms with Crippen molar-refractivity contribution in [3.8, 4) is 5.75 Å². The van der Waals surface area contributed by atoms with Crippen LogP contribution in [0, 0.1) is 5.92 Å². The molecule has 1 aromatic carbocycles. The Morgan fingerprint density at radius 3 is 2.62 bits per heavy atom. The Balaban J connectivity index is 1.81. The summed E-state index contributed by atoms with van der Waals surface area (Å²) in [6, 6.07) is 6.47. The molecule has 3 atom stereocenters. The van der Waals surface area contributed by atoms with E-state index >= 15 is 0 Å². The summed E-state index contributed by atoms with van der Waals surface area (Å²) in [5.41, 5.74) is 5.43. The molecule has 0 saturated heterocycles. The second-order valence-electron chi connectivity index (χ2n) is 6.66. The highest BCUT2D eigenvalue weighted by atomic mass is 16.6. The van der Waals surface area contributed by atoms with Gasteiger partial charge in [0.1, 0.15) is 5.75 Å². The van der Waals surface area contributed by atoms with E-state index in [0.29, 0.717) is 5.92 Å². The number of rotatable bonds is 7. The van der Waals surface area contributed by atoms with E-state index in [9.17, 15) is 14.4 Å². The van der Waals surface area contributed by atoms with Crippen LogP contribution in [0.1, 0.15) is 49.9 Å². The van der Waals surface area contributed by atoms with E-state index in [1.165, 1.54) is 25.5 Å². The Labute approximate surface area is 153 Å². The van der Waals surface area contributed by atoms with Gasteiger partial charge in [-0.25, -0.2) is 4.79 Å². The van der Waals surface area contributed by atoms with E-state index in [1.807, 2.05) is 0 Å². The number of para-hydroxylation sites is 1. The van der Waals surface area contributed by atoms with Gasteiger partial charge >= 0.3 is 5.97 Å². The van der Waals surface area contributed by atoms with E-state index in [2.05, 4.69) is 12.2 Å². The number of carbonyl (C=O) groups is 3. The fraction of sp³-hybridized carbons (Fsp3) is 0.526. The number of esters is 1. The van der Waals surface area contributed by atoms with Crippen LogP contribution in [0.15, 0.2) is 24.3 Å². The summed E-state index contributed by atoms with van der Waals surface area (Å²) in [6.45, 7) is 3.23. The molecule has 7 nitrogen and oxygen atoms in total. The number of nitrogens with two attached hydrogens (primary N) is 1. The highest BCUT2D eigenvalue weighted by Gasteiger charge is 2.26. The molecule has 1 aliphatic rings. The summed E-state index contributed by atoms with van der Waals surface area (Å²) in [4.78, 5) is 35.5. The van der Waals surface area contributed by atoms with Crippen molar-refractivity contribution in [2.45, 2.75) is 51.7 Å². The Morgan fingerprint density at radius 1 is 1.23 bits per heavy atom. The van der Waals surface area contributed by atoms with Crippen molar-refractivity contribution in [1.82, 2.24) is 5.32 Å². The lowest BCUT2D eigenvalue weighted by molar-refractivity contribution is -0.157. The standard InChI is InChI=1S/C19H26N2O5/c1-12-7-3-5-9-15(12)21-19(24)13(2)26-17(22)11-25-16-10-6-4-8-14(16)18(20)23/h4,6,8,10,12-13,15H,3,5,7,9,11H2,1-2H3,(H2,20,23)(H,21,24)/t12-,13+,15+/m0/s1. The summed E-state index contributed by atoms with van der Waals surface area (Å²) < 4.78 is 10.4. The molecular weight excluding hydrogens is 336 g/mol. The molecule has 2 amide bonds. The molecule has 0 aromatic heterocycles. The molecule has 142 valence electrons. The van der Waals surface area contributed by atoms with Crippen LogP contribution >= 0.6 is 0 Å². The quantitative estimate of drug-likeness (QED) is 0.719. The molecule has 3 N–H and O–H groups in total. The first-order chi connectivity index (χ1) is 12.4. The van der Waals surface area contributed by atoms with Crippen LogP contribution in [0.25, 0.3) is 0 Å². The second kappa shape index (κ2) is 9.22. The SMILES string of the molecule is C[C@@H](OC(=O)COc1ccccc1C(N)=O)C(=O)N[C@@H]1CCCC[C@@H]1C. The molecule has 0 aliphatic heterocycles. The largest absolute Gasteiger partial charge is 0.481 e. The number of ether oxygens (including phenoxy) is 2. The Kier molecular flexibility index (Phi) is 7.00. The van der Waals surface area contributed by atoms with Gasteiger partial charge < -0.3 is 20.5 Å². The summed E-state index contributed by atoms with van der Waals surface area (Å²) in [6.07, 6.45) is 3.40. The van der Waals surface area contributed by atoms with E-state index in [4.69, 9.17) is 15.2 Å². The van der Waals surface area contributed by atoms with Crippen LogP contribution in [0.2, 0.25) is 0 Å². The minimum atomic E-state index is -0.911. The van der Waals surface area contributed by atoms with Gasteiger partial charge in [0, 0.05) is 6.04 Å². The first-order valence-electron chi connectivity index (χ1n) is 8.90. The Hall–Kier alpha value is -2.57. The number of amides is 2. The summed E-state index contributed by atoms with van der Waals surface area (Å²) in [7, 11) is 0. The molecule has 0 spiro atoms. The highest BCUT2D eigenvalue weighted by Crippen LogP contribution is 2.23. The fourth-order valence-corrected chi connectivity index (χ4v) is 3.05. The summed E-state index contributed by atoms with van der Waals surface area (Å²) >= 11 is 0. The van der Waals surface area contributed by atoms with Crippen LogP contribution < -0.4 is 15.8 Å². The van der Waals surface area contributed by atoms with E-state index < -0.39 is 24.6 Å². The summed E-state index contributed by atoms with van der Waals surface area (Å²) in [5.74, 6) is -1.03. The van der Waals surface area contributed by atoms with Gasteiger partial charge in [-0.05, 0) is 37.8 Å². The normalized spacial score (nSPS) is 20.7. The third-order valence-corrected chi connectivity index (χ3v) is 4.61. The zero-order valence-electron chi connectivity index (χ0n) is 15.2. The molecule has 0 heterocycles. The van der Waals surface area contributed by atoms with Gasteiger partial charge in [-0.15, -0.1) is 0 Å². The minimum absolute atomic E-state index is 0.121. The predicted octanol–water partition coefficient (Wildman–Crippen LogP) is 1.79. The number of carbonyl (C=O) groups excluding carboxylic acids is 3. The number of nitrogens with one attached hydrogen (secondary N) is 1. The lowest BCUT2D eigenvalue weighted by atomic mass is 9.86. The zero-order valence-corrected chi connectivity index (χ0v) is 15.2. The van der Waals surface area contributed by atoms with Crippen LogP contribution in [-0.4, -0.2) is 36.5 Å². The fourth-order valence-electron chi connectivity index (χ4n) is 3.05. The maximum absolute atomic E-state index is 12.2. The third kappa shape index (κ3) is 5.47. The molecule has 0 radical (unpaired) electrons. The van der Waals surface area contributed by atoms with Crippen LogP contribution in [-0.2, 0) is 14.3 Å². The van der Waals surface area contributed by atoms with Crippen molar-refractivity contribution in [1.29, 1.82) is 0 Å². The predicted molar refractivity (Wildman–Crippen MR) is 95.6 cm³/mol. The zero-order chi connectivity index (χ0) is 19.1. The van der Waals surface area contributed by atoms with Crippen molar-refractivity contribution in [2.75, 3.05) is 6.61 Å². The van der Waals surface area contributed by atoms with Gasteiger partial charge in [0.2, 0.25) is 0 Å². The van der Waals surface area contributed by atoms with Crippen molar-refractivity contribution < 1.29 is 23.9 Å². The van der Waals surface area contributed by atoms with Crippen molar-refractivity contribution in [3.05, 3.63) is 29.8 Å².